The number of halogens is 1. The number of hydrogen-bond acceptors (Lipinski definition) is 3. The van der Waals surface area contributed by atoms with Crippen molar-refractivity contribution in [2.75, 3.05) is 6.54 Å². The van der Waals surface area contributed by atoms with Crippen molar-refractivity contribution in [1.29, 1.82) is 0 Å². The molecule has 1 aromatic heterocycles. The van der Waals surface area contributed by atoms with Gasteiger partial charge < -0.3 is 0 Å². The monoisotopic (exact) mass is 426 g/mol. The molecule has 0 bridgehead atoms. The number of carbonyl (C=O) groups is 1. The zero-order valence-corrected chi connectivity index (χ0v) is 15.2. The van der Waals surface area contributed by atoms with E-state index >= 15 is 0 Å². The molecule has 124 valence electrons. The summed E-state index contributed by atoms with van der Waals surface area (Å²) in [6.07, 6.45) is 5.51. The van der Waals surface area contributed by atoms with Gasteiger partial charge in [0.1, 0.15) is 0 Å². The summed E-state index contributed by atoms with van der Waals surface area (Å²) in [5.41, 5.74) is 7.49. The van der Waals surface area contributed by atoms with Crippen molar-refractivity contribution in [1.82, 2.24) is 9.55 Å². The fourth-order valence-corrected chi connectivity index (χ4v) is 6.55. The topological polar surface area (TPSA) is 81.1 Å². The summed E-state index contributed by atoms with van der Waals surface area (Å²) in [4.78, 5) is 16.4. The van der Waals surface area contributed by atoms with Gasteiger partial charge in [-0.25, -0.2) is 0 Å². The van der Waals surface area contributed by atoms with Gasteiger partial charge in [-0.05, 0) is 0 Å². The molecule has 0 aliphatic carbocycles. The van der Waals surface area contributed by atoms with Crippen molar-refractivity contribution in [3.63, 3.8) is 0 Å². The van der Waals surface area contributed by atoms with E-state index in [2.05, 4.69) is 11.9 Å². The Morgan fingerprint density at radius 3 is 2.83 bits per heavy atom. The van der Waals surface area contributed by atoms with Gasteiger partial charge in [0.2, 0.25) is 0 Å². The number of rotatable bonds is 7. The van der Waals surface area contributed by atoms with Gasteiger partial charge in [0.05, 0.1) is 0 Å². The van der Waals surface area contributed by atoms with Crippen molar-refractivity contribution in [2.45, 2.75) is 27.1 Å². The van der Waals surface area contributed by atoms with Crippen LogP contribution in [0.3, 0.4) is 0 Å². The molecule has 1 aliphatic heterocycles. The molecule has 3 rings (SSSR count). The Kier molecular flexibility index (Phi) is 4.72. The second kappa shape index (κ2) is 6.60. The maximum atomic E-state index is 11.9. The molecule has 0 saturated carbocycles. The Balaban J connectivity index is 1.84. The molecule has 0 radical (unpaired) electrons. The average Bonchev–Trinajstić information content (AvgIpc) is 3.09. The first kappa shape index (κ1) is 16.4. The second-order valence-electron chi connectivity index (χ2n) is 5.84. The molecule has 0 unspecified atom stereocenters. The van der Waals surface area contributed by atoms with Gasteiger partial charge in [-0.3, -0.25) is 0 Å². The van der Waals surface area contributed by atoms with Crippen molar-refractivity contribution in [3.8, 4) is 5.69 Å². The summed E-state index contributed by atoms with van der Waals surface area (Å²) in [7, 11) is 0. The fourth-order valence-electron chi connectivity index (χ4n) is 2.86. The van der Waals surface area contributed by atoms with Crippen LogP contribution in [0.1, 0.15) is 25.5 Å². The molecule has 5 nitrogen and oxygen atoms in total. The predicted octanol–water partition coefficient (Wildman–Crippen LogP) is -1.00. The summed E-state index contributed by atoms with van der Waals surface area (Å²) in [5.74, 6) is -0.308. The van der Waals surface area contributed by atoms with E-state index in [-0.39, 0.29) is 3.92 Å². The Morgan fingerprint density at radius 1 is 1.48 bits per heavy atom. The van der Waals surface area contributed by atoms with Crippen LogP contribution in [0.15, 0.2) is 42.9 Å². The van der Waals surface area contributed by atoms with Gasteiger partial charge in [0.25, 0.3) is 0 Å². The van der Waals surface area contributed by atoms with Gasteiger partial charge >= 0.3 is 146 Å². The summed E-state index contributed by atoms with van der Waals surface area (Å²) in [6.45, 7) is 2.75. The normalized spacial score (nSPS) is 24.7. The number of nitrogens with zero attached hydrogens (tertiary/aromatic N) is 2. The fraction of sp³-hybridized carbons (Fsp3) is 0.412. The molecule has 0 amide bonds. The number of nitrogens with two attached hydrogens (primary N) is 1. The molecule has 3 atom stereocenters. The van der Waals surface area contributed by atoms with E-state index in [0.29, 0.717) is 18.2 Å². The van der Waals surface area contributed by atoms with E-state index < -0.39 is 30.6 Å². The number of para-hydroxylation sites is 1. The number of alkyl halides is 2. The first-order valence-electron chi connectivity index (χ1n) is 7.79. The molecule has 1 aromatic carbocycles. The van der Waals surface area contributed by atoms with Crippen LogP contribution in [0, 0.1) is 5.92 Å². The van der Waals surface area contributed by atoms with E-state index in [0.717, 1.165) is 18.5 Å². The third-order valence-electron chi connectivity index (χ3n) is 4.46. The third kappa shape index (κ3) is 3.01. The SMILES string of the molecule is CC[C@H](CN)C[C@H]1[I-][C@]1(C(=O)O)c1cn(-c2ccccc2)cn1. The minimum atomic E-state index is -0.722. The standard InChI is InChI=1S/C17H21IN3O2/c1-2-12(9-19)8-14-17(18-14,16(22)23)15-10-21(11-20-15)13-6-4-3-5-7-13/h3-7,10-12,14H,2,8-9,19H2,1H3,(H,22,23)/q-1/t12-,14+,17-/m0/s1. The number of aromatic nitrogens is 2. The Morgan fingerprint density at radius 2 is 2.22 bits per heavy atom. The Bertz CT molecular complexity index is 684. The molecule has 3 N–H and O–H groups in total. The van der Waals surface area contributed by atoms with E-state index in [4.69, 9.17) is 5.73 Å². The summed E-state index contributed by atoms with van der Waals surface area (Å²) in [5, 5.41) is 9.81. The number of benzene rings is 1. The number of carboxylic acids is 1. The Labute approximate surface area is 146 Å². The molecule has 2 aromatic rings. The molecule has 23 heavy (non-hydrogen) atoms. The van der Waals surface area contributed by atoms with Gasteiger partial charge in [0, 0.05) is 0 Å². The van der Waals surface area contributed by atoms with E-state index in [9.17, 15) is 9.90 Å². The molecular formula is C17H21IN3O2-. The van der Waals surface area contributed by atoms with Crippen LogP contribution in [0.5, 0.6) is 0 Å². The predicted molar refractivity (Wildman–Crippen MR) is 84.1 cm³/mol. The van der Waals surface area contributed by atoms with Crippen LogP contribution >= 0.6 is 0 Å². The first-order valence-corrected chi connectivity index (χ1v) is 10.1. The zero-order valence-electron chi connectivity index (χ0n) is 13.0. The molecule has 0 spiro atoms. The molecule has 1 saturated heterocycles. The molecule has 1 aliphatic rings. The molecule has 6 heteroatoms. The number of hydrogen-bond donors (Lipinski definition) is 2. The van der Waals surface area contributed by atoms with Gasteiger partial charge in [0.15, 0.2) is 0 Å². The summed E-state index contributed by atoms with van der Waals surface area (Å²) < 4.78 is 1.42. The molecule has 2 heterocycles. The number of aliphatic carboxylic acids is 1. The average molecular weight is 426 g/mol. The van der Waals surface area contributed by atoms with E-state index in [1.165, 1.54) is 0 Å². The van der Waals surface area contributed by atoms with Crippen molar-refractivity contribution in [2.24, 2.45) is 11.7 Å². The van der Waals surface area contributed by atoms with Gasteiger partial charge in [-0.2, -0.15) is 0 Å². The summed E-state index contributed by atoms with van der Waals surface area (Å²) in [6, 6.07) is 9.85. The number of carboxylic acid groups (broad SMARTS) is 1. The van der Waals surface area contributed by atoms with E-state index in [1.807, 2.05) is 41.1 Å². The molecular weight excluding hydrogens is 405 g/mol. The Hall–Kier alpha value is -1.41. The van der Waals surface area contributed by atoms with Gasteiger partial charge in [-0.15, -0.1) is 0 Å². The maximum absolute atomic E-state index is 11.9. The second-order valence-corrected chi connectivity index (χ2v) is 9.67. The third-order valence-corrected chi connectivity index (χ3v) is 8.73. The van der Waals surface area contributed by atoms with Crippen molar-refractivity contribution < 1.29 is 31.1 Å². The van der Waals surface area contributed by atoms with Crippen LogP contribution in [-0.4, -0.2) is 31.1 Å². The zero-order chi connectivity index (χ0) is 16.4. The summed E-state index contributed by atoms with van der Waals surface area (Å²) >= 11 is -0.431. The van der Waals surface area contributed by atoms with Crippen LogP contribution in [0.25, 0.3) is 5.69 Å². The first-order chi connectivity index (χ1) is 11.1. The van der Waals surface area contributed by atoms with Crippen LogP contribution in [0.2, 0.25) is 0 Å². The molecule has 1 fully saturated rings. The van der Waals surface area contributed by atoms with E-state index in [1.54, 1.807) is 6.33 Å². The van der Waals surface area contributed by atoms with Crippen molar-refractivity contribution in [3.05, 3.63) is 48.5 Å². The minimum absolute atomic E-state index is 0.242. The van der Waals surface area contributed by atoms with Crippen LogP contribution < -0.4 is 26.9 Å². The number of imidazole rings is 1. The van der Waals surface area contributed by atoms with Crippen LogP contribution in [0.4, 0.5) is 0 Å². The quantitative estimate of drug-likeness (QED) is 0.440. The van der Waals surface area contributed by atoms with Crippen LogP contribution in [-0.2, 0) is 8.22 Å². The van der Waals surface area contributed by atoms with Gasteiger partial charge in [-0.1, -0.05) is 0 Å². The van der Waals surface area contributed by atoms with Crippen molar-refractivity contribution >= 4 is 5.97 Å².